The lowest BCUT2D eigenvalue weighted by molar-refractivity contribution is 0.723. The summed E-state index contributed by atoms with van der Waals surface area (Å²) in [6, 6.07) is 17.2. The maximum atomic E-state index is 4.68. The van der Waals surface area contributed by atoms with E-state index < -0.39 is 0 Å². The van der Waals surface area contributed by atoms with Gasteiger partial charge in [0.15, 0.2) is 0 Å². The molecule has 3 aromatic rings. The number of aromatic nitrogens is 1. The van der Waals surface area contributed by atoms with Crippen molar-refractivity contribution in [2.45, 2.75) is 33.1 Å². The second kappa shape index (κ2) is 6.41. The SMILES string of the molecule is Cc1c(N2c3ccccc3N(C)[C@H]2C)cncc1N1c2ccccc2N(C)[C@@H]1C. The number of hydrogen-bond donors (Lipinski definition) is 0. The van der Waals surface area contributed by atoms with Gasteiger partial charge in [-0.2, -0.15) is 0 Å². The molecule has 0 N–H and O–H groups in total. The van der Waals surface area contributed by atoms with E-state index in [1.807, 2.05) is 12.4 Å². The molecular formula is C24H27N5. The molecule has 0 fully saturated rings. The molecule has 0 saturated carbocycles. The van der Waals surface area contributed by atoms with Crippen molar-refractivity contribution in [3.8, 4) is 0 Å². The van der Waals surface area contributed by atoms with Crippen LogP contribution in [-0.4, -0.2) is 31.4 Å². The minimum Gasteiger partial charge on any atom is -0.353 e. The molecule has 2 aromatic carbocycles. The van der Waals surface area contributed by atoms with E-state index in [-0.39, 0.29) is 12.3 Å². The maximum Gasteiger partial charge on any atom is 0.103 e. The Morgan fingerprint density at radius 1 is 0.621 bits per heavy atom. The predicted molar refractivity (Wildman–Crippen MR) is 122 cm³/mol. The first-order chi connectivity index (χ1) is 14.0. The molecule has 2 aliphatic rings. The van der Waals surface area contributed by atoms with Crippen LogP contribution in [0.4, 0.5) is 34.1 Å². The largest absolute Gasteiger partial charge is 0.353 e. The lowest BCUT2D eigenvalue weighted by atomic mass is 10.1. The Morgan fingerprint density at radius 2 is 1.00 bits per heavy atom. The zero-order valence-corrected chi connectivity index (χ0v) is 17.7. The van der Waals surface area contributed by atoms with Crippen molar-refractivity contribution < 1.29 is 0 Å². The second-order valence-corrected chi connectivity index (χ2v) is 8.01. The highest BCUT2D eigenvalue weighted by Gasteiger charge is 2.35. The van der Waals surface area contributed by atoms with Crippen LogP contribution in [0.5, 0.6) is 0 Å². The van der Waals surface area contributed by atoms with Gasteiger partial charge >= 0.3 is 0 Å². The van der Waals surface area contributed by atoms with Gasteiger partial charge in [-0.1, -0.05) is 24.3 Å². The Morgan fingerprint density at radius 3 is 1.41 bits per heavy atom. The van der Waals surface area contributed by atoms with Gasteiger partial charge in [0.1, 0.15) is 12.3 Å². The molecule has 2 atom stereocenters. The Kier molecular flexibility index (Phi) is 3.95. The van der Waals surface area contributed by atoms with Gasteiger partial charge in [0, 0.05) is 14.1 Å². The van der Waals surface area contributed by atoms with Gasteiger partial charge in [-0.25, -0.2) is 0 Å². The van der Waals surface area contributed by atoms with Crippen molar-refractivity contribution >= 4 is 34.1 Å². The highest BCUT2D eigenvalue weighted by atomic mass is 15.4. The minimum absolute atomic E-state index is 0.231. The van der Waals surface area contributed by atoms with Gasteiger partial charge in [0.05, 0.1) is 46.5 Å². The predicted octanol–water partition coefficient (Wildman–Crippen LogP) is 5.26. The standard InChI is InChI=1S/C24H27N5/c1-16-23(28-17(2)26(4)19-10-6-8-12-21(19)28)14-25-15-24(16)29-18(3)27(5)20-11-7-9-13-22(20)29/h6-15,17-18H,1-5H3/t17-,18+. The third-order valence-electron chi connectivity index (χ3n) is 6.59. The van der Waals surface area contributed by atoms with Crippen LogP contribution in [0.2, 0.25) is 0 Å². The van der Waals surface area contributed by atoms with Gasteiger partial charge in [-0.15, -0.1) is 0 Å². The van der Waals surface area contributed by atoms with E-state index in [0.717, 1.165) is 11.4 Å². The third-order valence-corrected chi connectivity index (χ3v) is 6.59. The Labute approximate surface area is 172 Å². The van der Waals surface area contributed by atoms with Crippen LogP contribution in [0.25, 0.3) is 0 Å². The normalized spacial score (nSPS) is 20.3. The fraction of sp³-hybridized carbons (Fsp3) is 0.292. The van der Waals surface area contributed by atoms with E-state index >= 15 is 0 Å². The van der Waals surface area contributed by atoms with Crippen LogP contribution >= 0.6 is 0 Å². The maximum absolute atomic E-state index is 4.68. The average molecular weight is 386 g/mol. The summed E-state index contributed by atoms with van der Waals surface area (Å²) in [7, 11) is 4.31. The number of pyridine rings is 1. The number of benzene rings is 2. The fourth-order valence-electron chi connectivity index (χ4n) is 4.74. The monoisotopic (exact) mass is 385 g/mol. The molecule has 5 nitrogen and oxygen atoms in total. The Bertz CT molecular complexity index is 997. The first-order valence-electron chi connectivity index (χ1n) is 10.2. The third kappa shape index (κ3) is 2.43. The molecule has 0 radical (unpaired) electrons. The van der Waals surface area contributed by atoms with E-state index in [0.29, 0.717) is 0 Å². The number of nitrogens with zero attached hydrogens (tertiary/aromatic N) is 5. The molecule has 29 heavy (non-hydrogen) atoms. The number of anilines is 6. The zero-order valence-electron chi connectivity index (χ0n) is 17.7. The molecule has 0 bridgehead atoms. The van der Waals surface area contributed by atoms with Crippen LogP contribution in [0.1, 0.15) is 19.4 Å². The summed E-state index contributed by atoms with van der Waals surface area (Å²) in [5.41, 5.74) is 8.54. The Hall–Kier alpha value is -3.21. The molecule has 2 aliphatic heterocycles. The topological polar surface area (TPSA) is 25.9 Å². The van der Waals surface area contributed by atoms with Gasteiger partial charge < -0.3 is 19.6 Å². The quantitative estimate of drug-likeness (QED) is 0.600. The van der Waals surface area contributed by atoms with Crippen LogP contribution < -0.4 is 19.6 Å². The first kappa shape index (κ1) is 17.9. The van der Waals surface area contributed by atoms with Crippen molar-refractivity contribution in [3.63, 3.8) is 0 Å². The van der Waals surface area contributed by atoms with E-state index in [1.165, 1.54) is 28.3 Å². The molecule has 1 aromatic heterocycles. The first-order valence-corrected chi connectivity index (χ1v) is 10.2. The van der Waals surface area contributed by atoms with E-state index in [4.69, 9.17) is 0 Å². The highest BCUT2D eigenvalue weighted by Crippen LogP contribution is 2.48. The minimum atomic E-state index is 0.231. The molecule has 3 heterocycles. The summed E-state index contributed by atoms with van der Waals surface area (Å²) in [6.07, 6.45) is 4.46. The lowest BCUT2D eigenvalue weighted by Crippen LogP contribution is -2.37. The second-order valence-electron chi connectivity index (χ2n) is 8.01. The highest BCUT2D eigenvalue weighted by molar-refractivity contribution is 5.88. The Balaban J connectivity index is 1.64. The van der Waals surface area contributed by atoms with E-state index in [1.54, 1.807) is 0 Å². The van der Waals surface area contributed by atoms with E-state index in [9.17, 15) is 0 Å². The fourth-order valence-corrected chi connectivity index (χ4v) is 4.74. The molecule has 0 unspecified atom stereocenters. The van der Waals surface area contributed by atoms with Crippen LogP contribution in [0.3, 0.4) is 0 Å². The van der Waals surface area contributed by atoms with Crippen molar-refractivity contribution in [3.05, 3.63) is 66.5 Å². The average Bonchev–Trinajstić information content (AvgIpc) is 3.14. The molecule has 148 valence electrons. The molecule has 0 spiro atoms. The van der Waals surface area contributed by atoms with Crippen LogP contribution in [0.15, 0.2) is 60.9 Å². The van der Waals surface area contributed by atoms with Gasteiger partial charge in [-0.3, -0.25) is 4.98 Å². The number of fused-ring (bicyclic) bond motifs is 2. The van der Waals surface area contributed by atoms with Gasteiger partial charge in [-0.05, 0) is 50.6 Å². The van der Waals surface area contributed by atoms with Crippen molar-refractivity contribution in [2.24, 2.45) is 0 Å². The van der Waals surface area contributed by atoms with Crippen molar-refractivity contribution in [2.75, 3.05) is 33.7 Å². The number of rotatable bonds is 2. The molecule has 0 aliphatic carbocycles. The molecule has 0 amide bonds. The van der Waals surface area contributed by atoms with Gasteiger partial charge in [0.25, 0.3) is 0 Å². The summed E-state index contributed by atoms with van der Waals surface area (Å²) in [5, 5.41) is 0. The van der Waals surface area contributed by atoms with Crippen LogP contribution in [-0.2, 0) is 0 Å². The smallest absolute Gasteiger partial charge is 0.103 e. The zero-order chi connectivity index (χ0) is 20.3. The summed E-state index contributed by atoms with van der Waals surface area (Å²) in [6.45, 7) is 6.70. The lowest BCUT2D eigenvalue weighted by Gasteiger charge is -2.32. The molecule has 5 rings (SSSR count). The van der Waals surface area contributed by atoms with Crippen LogP contribution in [0, 0.1) is 6.92 Å². The molecular weight excluding hydrogens is 358 g/mol. The molecule has 0 saturated heterocycles. The van der Waals surface area contributed by atoms with Gasteiger partial charge in [0.2, 0.25) is 0 Å². The van der Waals surface area contributed by atoms with Crippen molar-refractivity contribution in [1.29, 1.82) is 0 Å². The summed E-state index contributed by atoms with van der Waals surface area (Å²) < 4.78 is 0. The summed E-state index contributed by atoms with van der Waals surface area (Å²) in [4.78, 5) is 14.1. The summed E-state index contributed by atoms with van der Waals surface area (Å²) in [5.74, 6) is 0. The number of para-hydroxylation sites is 4. The molecule has 5 heteroatoms. The summed E-state index contributed by atoms with van der Waals surface area (Å²) >= 11 is 0. The number of hydrogen-bond acceptors (Lipinski definition) is 5. The van der Waals surface area contributed by atoms with Crippen molar-refractivity contribution in [1.82, 2.24) is 4.98 Å². The van der Waals surface area contributed by atoms with E-state index in [2.05, 4.69) is 108 Å².